The smallest absolute Gasteiger partial charge is 0.332 e. The van der Waals surface area contributed by atoms with Gasteiger partial charge in [-0.05, 0) is 34.1 Å². The average molecular weight is 469 g/mol. The lowest BCUT2D eigenvalue weighted by Gasteiger charge is -2.38. The maximum absolute atomic E-state index is 13.0. The first-order valence-corrected chi connectivity index (χ1v) is 9.29. The van der Waals surface area contributed by atoms with Gasteiger partial charge in [0.05, 0.1) is 11.6 Å². The molecule has 0 bridgehead atoms. The SMILES string of the molecule is C=C(F)C(=O)N1CC(n2nc(-c3ccc(C(F)(F)F)cc3)c3cc(Br)cnc32)C1. The first-order chi connectivity index (χ1) is 13.6. The van der Waals surface area contributed by atoms with Gasteiger partial charge in [-0.25, -0.2) is 14.1 Å². The van der Waals surface area contributed by atoms with E-state index in [1.807, 2.05) is 0 Å². The van der Waals surface area contributed by atoms with Crippen LogP contribution in [0.3, 0.4) is 0 Å². The highest BCUT2D eigenvalue weighted by molar-refractivity contribution is 9.10. The van der Waals surface area contributed by atoms with Crippen LogP contribution in [-0.4, -0.2) is 38.7 Å². The molecule has 0 spiro atoms. The van der Waals surface area contributed by atoms with Gasteiger partial charge in [0.2, 0.25) is 0 Å². The molecule has 0 aliphatic carbocycles. The van der Waals surface area contributed by atoms with E-state index in [1.54, 1.807) is 16.9 Å². The van der Waals surface area contributed by atoms with Crippen LogP contribution in [0.25, 0.3) is 22.3 Å². The second-order valence-corrected chi connectivity index (χ2v) is 7.58. The first-order valence-electron chi connectivity index (χ1n) is 8.50. The van der Waals surface area contributed by atoms with Crippen molar-refractivity contribution in [3.8, 4) is 11.3 Å². The summed E-state index contributed by atoms with van der Waals surface area (Å²) in [5, 5.41) is 5.20. The zero-order valence-electron chi connectivity index (χ0n) is 14.7. The van der Waals surface area contributed by atoms with Crippen LogP contribution >= 0.6 is 15.9 Å². The number of hydrogen-bond acceptors (Lipinski definition) is 3. The highest BCUT2D eigenvalue weighted by Crippen LogP contribution is 2.35. The van der Waals surface area contributed by atoms with E-state index in [0.717, 1.165) is 12.1 Å². The van der Waals surface area contributed by atoms with Crippen molar-refractivity contribution in [2.75, 3.05) is 13.1 Å². The third kappa shape index (κ3) is 3.52. The van der Waals surface area contributed by atoms with E-state index >= 15 is 0 Å². The molecule has 1 aliphatic rings. The van der Waals surface area contributed by atoms with Crippen LogP contribution in [0.1, 0.15) is 11.6 Å². The molecule has 150 valence electrons. The van der Waals surface area contributed by atoms with Gasteiger partial charge in [0, 0.05) is 34.7 Å². The Morgan fingerprint density at radius 2 is 1.86 bits per heavy atom. The number of nitrogens with zero attached hydrogens (tertiary/aromatic N) is 4. The monoisotopic (exact) mass is 468 g/mol. The fraction of sp³-hybridized carbons (Fsp3) is 0.211. The number of alkyl halides is 3. The lowest BCUT2D eigenvalue weighted by atomic mass is 10.1. The molecule has 3 aromatic rings. The maximum atomic E-state index is 13.0. The van der Waals surface area contributed by atoms with Crippen LogP contribution in [0.15, 0.2) is 53.4 Å². The third-order valence-corrected chi connectivity index (χ3v) is 5.16. The molecule has 1 saturated heterocycles. The number of aromatic nitrogens is 3. The van der Waals surface area contributed by atoms with Gasteiger partial charge < -0.3 is 4.90 Å². The number of fused-ring (bicyclic) bond motifs is 1. The molecule has 3 heterocycles. The highest BCUT2D eigenvalue weighted by Gasteiger charge is 2.35. The number of hydrogen-bond donors (Lipinski definition) is 0. The van der Waals surface area contributed by atoms with E-state index in [1.165, 1.54) is 17.0 Å². The maximum Gasteiger partial charge on any atom is 0.416 e. The summed E-state index contributed by atoms with van der Waals surface area (Å²) >= 11 is 3.35. The molecule has 0 unspecified atom stereocenters. The molecular formula is C19H13BrF4N4O. The van der Waals surface area contributed by atoms with Crippen LogP contribution < -0.4 is 0 Å². The minimum atomic E-state index is -4.42. The van der Waals surface area contributed by atoms with E-state index in [0.29, 0.717) is 26.8 Å². The molecule has 5 nitrogen and oxygen atoms in total. The van der Waals surface area contributed by atoms with Gasteiger partial charge in [-0.1, -0.05) is 18.7 Å². The molecule has 29 heavy (non-hydrogen) atoms. The third-order valence-electron chi connectivity index (χ3n) is 4.73. The van der Waals surface area contributed by atoms with Crippen LogP contribution in [-0.2, 0) is 11.0 Å². The van der Waals surface area contributed by atoms with Crippen molar-refractivity contribution in [2.45, 2.75) is 12.2 Å². The Bertz CT molecular complexity index is 1120. The summed E-state index contributed by atoms with van der Waals surface area (Å²) in [5.41, 5.74) is 0.761. The lowest BCUT2D eigenvalue weighted by Crippen LogP contribution is -2.51. The highest BCUT2D eigenvalue weighted by atomic mass is 79.9. The quantitative estimate of drug-likeness (QED) is 0.411. The van der Waals surface area contributed by atoms with Crippen LogP contribution in [0.5, 0.6) is 0 Å². The average Bonchev–Trinajstić information content (AvgIpc) is 2.98. The van der Waals surface area contributed by atoms with Gasteiger partial charge in [0.15, 0.2) is 11.5 Å². The van der Waals surface area contributed by atoms with Gasteiger partial charge in [0.25, 0.3) is 5.91 Å². The van der Waals surface area contributed by atoms with Crippen molar-refractivity contribution >= 4 is 32.9 Å². The molecule has 4 rings (SSSR count). The fourth-order valence-corrected chi connectivity index (χ4v) is 3.56. The van der Waals surface area contributed by atoms with Gasteiger partial charge in [-0.2, -0.15) is 18.3 Å². The van der Waals surface area contributed by atoms with E-state index in [4.69, 9.17) is 0 Å². The van der Waals surface area contributed by atoms with E-state index in [2.05, 4.69) is 32.6 Å². The Balaban J connectivity index is 1.72. The predicted octanol–water partition coefficient (Wildman–Crippen LogP) is 4.75. The second kappa shape index (κ2) is 6.94. The standard InChI is InChI=1S/C19H13BrF4N4O/c1-10(21)18(29)27-8-14(9-27)28-17-15(6-13(20)7-25-17)16(26-28)11-2-4-12(5-3-11)19(22,23)24/h2-7,14H,1,8-9H2. The van der Waals surface area contributed by atoms with E-state index in [9.17, 15) is 22.4 Å². The summed E-state index contributed by atoms with van der Waals surface area (Å²) < 4.78 is 53.9. The molecule has 2 aromatic heterocycles. The molecule has 1 aromatic carbocycles. The van der Waals surface area contributed by atoms with Crippen molar-refractivity contribution < 1.29 is 22.4 Å². The first kappa shape index (κ1) is 19.6. The number of carbonyl (C=O) groups is 1. The van der Waals surface area contributed by atoms with Crippen LogP contribution in [0.4, 0.5) is 17.6 Å². The predicted molar refractivity (Wildman–Crippen MR) is 102 cm³/mol. The Hall–Kier alpha value is -2.75. The second-order valence-electron chi connectivity index (χ2n) is 6.66. The van der Waals surface area contributed by atoms with E-state index < -0.39 is 23.5 Å². The summed E-state index contributed by atoms with van der Waals surface area (Å²) in [6, 6.07) is 6.28. The van der Waals surface area contributed by atoms with Gasteiger partial charge in [0.1, 0.15) is 5.69 Å². The number of halogens is 5. The van der Waals surface area contributed by atoms with Gasteiger partial charge in [-0.3, -0.25) is 4.79 Å². The minimum Gasteiger partial charge on any atom is -0.332 e. The summed E-state index contributed by atoms with van der Waals surface area (Å²) in [6.07, 6.45) is -2.84. The summed E-state index contributed by atoms with van der Waals surface area (Å²) in [4.78, 5) is 17.3. The molecule has 0 N–H and O–H groups in total. The number of carbonyl (C=O) groups excluding carboxylic acids is 1. The molecule has 0 saturated carbocycles. The number of rotatable bonds is 3. The molecular weight excluding hydrogens is 456 g/mol. The lowest BCUT2D eigenvalue weighted by molar-refractivity contribution is -0.137. The summed E-state index contributed by atoms with van der Waals surface area (Å²) in [7, 11) is 0. The Labute approximate surface area is 170 Å². The fourth-order valence-electron chi connectivity index (χ4n) is 3.23. The zero-order valence-corrected chi connectivity index (χ0v) is 16.3. The molecule has 1 fully saturated rings. The molecule has 0 radical (unpaired) electrons. The van der Waals surface area contributed by atoms with Crippen molar-refractivity contribution in [2.24, 2.45) is 0 Å². The van der Waals surface area contributed by atoms with Gasteiger partial charge >= 0.3 is 6.18 Å². The van der Waals surface area contributed by atoms with Gasteiger partial charge in [-0.15, -0.1) is 0 Å². The van der Waals surface area contributed by atoms with E-state index in [-0.39, 0.29) is 19.1 Å². The van der Waals surface area contributed by atoms with Crippen molar-refractivity contribution in [3.05, 3.63) is 59.0 Å². The molecule has 1 aliphatic heterocycles. The minimum absolute atomic E-state index is 0.224. The number of amides is 1. The normalized spacial score (nSPS) is 14.9. The largest absolute Gasteiger partial charge is 0.416 e. The van der Waals surface area contributed by atoms with Crippen molar-refractivity contribution in [3.63, 3.8) is 0 Å². The Morgan fingerprint density at radius 3 is 2.45 bits per heavy atom. The number of likely N-dealkylation sites (tertiary alicyclic amines) is 1. The summed E-state index contributed by atoms with van der Waals surface area (Å²) in [5.74, 6) is -1.79. The molecule has 1 amide bonds. The molecule has 0 atom stereocenters. The summed E-state index contributed by atoms with van der Waals surface area (Å²) in [6.45, 7) is 3.48. The number of pyridine rings is 1. The van der Waals surface area contributed by atoms with Crippen LogP contribution in [0, 0.1) is 0 Å². The topological polar surface area (TPSA) is 51.0 Å². The van der Waals surface area contributed by atoms with Crippen molar-refractivity contribution in [1.82, 2.24) is 19.7 Å². The number of benzene rings is 1. The Morgan fingerprint density at radius 1 is 1.21 bits per heavy atom. The molecule has 10 heteroatoms. The zero-order chi connectivity index (χ0) is 20.9. The Kier molecular flexibility index (Phi) is 4.68. The van der Waals surface area contributed by atoms with Crippen LogP contribution in [0.2, 0.25) is 0 Å². The van der Waals surface area contributed by atoms with Crippen molar-refractivity contribution in [1.29, 1.82) is 0 Å².